The lowest BCUT2D eigenvalue weighted by Crippen LogP contribution is -2.32. The number of carbonyl (C=O) groups is 1. The highest BCUT2D eigenvalue weighted by molar-refractivity contribution is 9.10. The van der Waals surface area contributed by atoms with Crippen molar-refractivity contribution in [1.82, 2.24) is 15.3 Å². The third kappa shape index (κ3) is 5.47. The predicted molar refractivity (Wildman–Crippen MR) is 86.5 cm³/mol. The van der Waals surface area contributed by atoms with E-state index in [0.717, 1.165) is 10.9 Å². The van der Waals surface area contributed by atoms with Crippen molar-refractivity contribution in [1.29, 1.82) is 0 Å². The van der Waals surface area contributed by atoms with Crippen LogP contribution in [0, 0.1) is 0 Å². The third-order valence-electron chi connectivity index (χ3n) is 2.83. The van der Waals surface area contributed by atoms with Crippen LogP contribution in [0.5, 0.6) is 0 Å². The Labute approximate surface area is 132 Å². The number of hydrogen-bond donors (Lipinski definition) is 1. The highest BCUT2D eigenvalue weighted by Gasteiger charge is 2.06. The Morgan fingerprint density at radius 2 is 2.10 bits per heavy atom. The Morgan fingerprint density at radius 1 is 1.33 bits per heavy atom. The lowest BCUT2D eigenvalue weighted by molar-refractivity contribution is -0.117. The minimum atomic E-state index is -0.134. The topological polar surface area (TPSA) is 54.9 Å². The van der Waals surface area contributed by atoms with Gasteiger partial charge >= 0.3 is 0 Å². The van der Waals surface area contributed by atoms with E-state index >= 15 is 0 Å². The molecule has 0 saturated heterocycles. The SMILES string of the molecule is CC(Cc1ccc(Br)cc1)NC(=O)C=Cc1cnccn1. The van der Waals surface area contributed by atoms with Crippen LogP contribution in [0.15, 0.2) is 53.4 Å². The second kappa shape index (κ2) is 7.69. The number of nitrogens with one attached hydrogen (secondary N) is 1. The first-order valence-electron chi connectivity index (χ1n) is 6.62. The number of rotatable bonds is 5. The molecule has 0 aliphatic carbocycles. The largest absolute Gasteiger partial charge is 0.350 e. The summed E-state index contributed by atoms with van der Waals surface area (Å²) in [7, 11) is 0. The molecule has 0 radical (unpaired) electrons. The fourth-order valence-corrected chi connectivity index (χ4v) is 2.14. The normalized spacial score (nSPS) is 12.3. The molecule has 2 aromatic rings. The Bertz CT molecular complexity index is 611. The molecule has 2 rings (SSSR count). The van der Waals surface area contributed by atoms with E-state index < -0.39 is 0 Å². The zero-order valence-corrected chi connectivity index (χ0v) is 13.2. The third-order valence-corrected chi connectivity index (χ3v) is 3.36. The smallest absolute Gasteiger partial charge is 0.244 e. The maximum absolute atomic E-state index is 11.8. The Hall–Kier alpha value is -2.01. The molecular formula is C16H16BrN3O. The van der Waals surface area contributed by atoms with Crippen LogP contribution in [-0.4, -0.2) is 21.9 Å². The average molecular weight is 346 g/mol. The van der Waals surface area contributed by atoms with Gasteiger partial charge in [0.1, 0.15) is 0 Å². The molecule has 1 aromatic carbocycles. The summed E-state index contributed by atoms with van der Waals surface area (Å²) in [4.78, 5) is 19.8. The first-order valence-corrected chi connectivity index (χ1v) is 7.42. The summed E-state index contributed by atoms with van der Waals surface area (Å²) in [6.07, 6.45) is 8.70. The molecule has 0 fully saturated rings. The van der Waals surface area contributed by atoms with Gasteiger partial charge in [-0.3, -0.25) is 14.8 Å². The first-order chi connectivity index (χ1) is 10.1. The van der Waals surface area contributed by atoms with E-state index in [1.54, 1.807) is 24.7 Å². The molecule has 0 aliphatic rings. The molecule has 1 unspecified atom stereocenters. The van der Waals surface area contributed by atoms with Crippen molar-refractivity contribution < 1.29 is 4.79 Å². The molecule has 5 heteroatoms. The van der Waals surface area contributed by atoms with Crippen molar-refractivity contribution in [3.8, 4) is 0 Å². The lowest BCUT2D eigenvalue weighted by atomic mass is 10.1. The fourth-order valence-electron chi connectivity index (χ4n) is 1.87. The molecule has 21 heavy (non-hydrogen) atoms. The fraction of sp³-hybridized carbons (Fsp3) is 0.188. The molecule has 0 bridgehead atoms. The predicted octanol–water partition coefficient (Wildman–Crippen LogP) is 3.00. The van der Waals surface area contributed by atoms with Crippen LogP contribution in [0.2, 0.25) is 0 Å². The van der Waals surface area contributed by atoms with Gasteiger partial charge in [-0.15, -0.1) is 0 Å². The van der Waals surface area contributed by atoms with Crippen molar-refractivity contribution in [2.24, 2.45) is 0 Å². The number of nitrogens with zero attached hydrogens (tertiary/aromatic N) is 2. The van der Waals surface area contributed by atoms with E-state index in [-0.39, 0.29) is 11.9 Å². The molecule has 1 amide bonds. The van der Waals surface area contributed by atoms with Crippen molar-refractivity contribution in [3.05, 3.63) is 64.7 Å². The lowest BCUT2D eigenvalue weighted by Gasteiger charge is -2.12. The van der Waals surface area contributed by atoms with Crippen LogP contribution >= 0.6 is 15.9 Å². The Balaban J connectivity index is 1.84. The van der Waals surface area contributed by atoms with Crippen molar-refractivity contribution in [3.63, 3.8) is 0 Å². The molecular weight excluding hydrogens is 330 g/mol. The van der Waals surface area contributed by atoms with E-state index in [4.69, 9.17) is 0 Å². The number of amides is 1. The molecule has 4 nitrogen and oxygen atoms in total. The molecule has 1 N–H and O–H groups in total. The van der Waals surface area contributed by atoms with Gasteiger partial charge in [0.05, 0.1) is 11.9 Å². The average Bonchev–Trinajstić information content (AvgIpc) is 2.48. The number of benzene rings is 1. The minimum Gasteiger partial charge on any atom is -0.350 e. The summed E-state index contributed by atoms with van der Waals surface area (Å²) in [5.74, 6) is -0.134. The van der Waals surface area contributed by atoms with Crippen LogP contribution in [-0.2, 0) is 11.2 Å². The summed E-state index contributed by atoms with van der Waals surface area (Å²) < 4.78 is 1.05. The molecule has 1 atom stereocenters. The monoisotopic (exact) mass is 345 g/mol. The van der Waals surface area contributed by atoms with Crippen LogP contribution in [0.4, 0.5) is 0 Å². The number of aromatic nitrogens is 2. The van der Waals surface area contributed by atoms with Crippen molar-refractivity contribution in [2.75, 3.05) is 0 Å². The minimum absolute atomic E-state index is 0.0604. The standard InChI is InChI=1S/C16H16BrN3O/c1-12(10-13-2-4-14(17)5-3-13)20-16(21)7-6-15-11-18-8-9-19-15/h2-9,11-12H,10H2,1H3,(H,20,21). The summed E-state index contributed by atoms with van der Waals surface area (Å²) in [5.41, 5.74) is 1.84. The quantitative estimate of drug-likeness (QED) is 0.847. The van der Waals surface area contributed by atoms with Gasteiger partial charge in [-0.1, -0.05) is 28.1 Å². The Morgan fingerprint density at radius 3 is 2.76 bits per heavy atom. The number of carbonyl (C=O) groups excluding carboxylic acids is 1. The van der Waals surface area contributed by atoms with Crippen LogP contribution in [0.3, 0.4) is 0 Å². The van der Waals surface area contributed by atoms with Crippen LogP contribution in [0.1, 0.15) is 18.2 Å². The zero-order chi connectivity index (χ0) is 15.1. The summed E-state index contributed by atoms with van der Waals surface area (Å²) >= 11 is 3.40. The van der Waals surface area contributed by atoms with Gasteiger partial charge < -0.3 is 5.32 Å². The summed E-state index contributed by atoms with van der Waals surface area (Å²) in [5, 5.41) is 2.93. The highest BCUT2D eigenvalue weighted by Crippen LogP contribution is 2.11. The summed E-state index contributed by atoms with van der Waals surface area (Å²) in [6.45, 7) is 1.98. The van der Waals surface area contributed by atoms with Crippen LogP contribution in [0.25, 0.3) is 6.08 Å². The molecule has 0 spiro atoms. The van der Waals surface area contributed by atoms with Crippen molar-refractivity contribution >= 4 is 27.9 Å². The molecule has 1 aromatic heterocycles. The maximum atomic E-state index is 11.8. The second-order valence-corrected chi connectivity index (χ2v) is 5.62. The molecule has 1 heterocycles. The molecule has 0 saturated carbocycles. The van der Waals surface area contributed by atoms with E-state index in [0.29, 0.717) is 5.69 Å². The van der Waals surface area contributed by atoms with Gasteiger partial charge in [0.25, 0.3) is 0 Å². The Kier molecular flexibility index (Phi) is 5.63. The van der Waals surface area contributed by atoms with Gasteiger partial charge in [0.15, 0.2) is 0 Å². The van der Waals surface area contributed by atoms with Crippen molar-refractivity contribution in [2.45, 2.75) is 19.4 Å². The van der Waals surface area contributed by atoms with Gasteiger partial charge in [-0.05, 0) is 37.1 Å². The zero-order valence-electron chi connectivity index (χ0n) is 11.7. The maximum Gasteiger partial charge on any atom is 0.244 e. The first kappa shape index (κ1) is 15.4. The second-order valence-electron chi connectivity index (χ2n) is 4.70. The van der Waals surface area contributed by atoms with E-state index in [1.165, 1.54) is 11.6 Å². The summed E-state index contributed by atoms with van der Waals surface area (Å²) in [6, 6.07) is 8.14. The van der Waals surface area contributed by atoms with Gasteiger partial charge in [-0.2, -0.15) is 0 Å². The number of hydrogen-bond acceptors (Lipinski definition) is 3. The van der Waals surface area contributed by atoms with Crippen LogP contribution < -0.4 is 5.32 Å². The van der Waals surface area contributed by atoms with Gasteiger partial charge in [-0.25, -0.2) is 0 Å². The highest BCUT2D eigenvalue weighted by atomic mass is 79.9. The van der Waals surface area contributed by atoms with E-state index in [9.17, 15) is 4.79 Å². The molecule has 108 valence electrons. The van der Waals surface area contributed by atoms with E-state index in [2.05, 4.69) is 31.2 Å². The van der Waals surface area contributed by atoms with Gasteiger partial charge in [0, 0.05) is 29.0 Å². The van der Waals surface area contributed by atoms with E-state index in [1.807, 2.05) is 31.2 Å². The number of halogens is 1. The van der Waals surface area contributed by atoms with Gasteiger partial charge in [0.2, 0.25) is 5.91 Å². The molecule has 0 aliphatic heterocycles.